The highest BCUT2D eigenvalue weighted by atomic mass is 31.3. The lowest BCUT2D eigenvalue weighted by atomic mass is 9.91. The second-order valence-electron chi connectivity index (χ2n) is 8.75. The molecule has 9 heteroatoms. The van der Waals surface area contributed by atoms with E-state index in [9.17, 15) is 14.0 Å². The maximum Gasteiger partial charge on any atom is 0.481 e. The van der Waals surface area contributed by atoms with Gasteiger partial charge in [-0.05, 0) is 37.5 Å². The van der Waals surface area contributed by atoms with Crippen molar-refractivity contribution in [1.82, 2.24) is 0 Å². The minimum atomic E-state index is -5.06. The molecule has 0 rings (SSSR count). The van der Waals surface area contributed by atoms with Crippen LogP contribution in [0.4, 0.5) is 0 Å². The van der Waals surface area contributed by atoms with E-state index in [0.29, 0.717) is 5.92 Å². The molecule has 0 aliphatic rings. The SMILES string of the molecule is C/C(=C\COP(=O)(O)OP(=O)(O)O)CCC[C@H](C)CCC[C@@H](C)CCCC(C)C. The van der Waals surface area contributed by atoms with E-state index in [4.69, 9.17) is 9.79 Å². The summed E-state index contributed by atoms with van der Waals surface area (Å²) in [7, 11) is -9.82. The average Bonchev–Trinajstić information content (AvgIpc) is 2.51. The summed E-state index contributed by atoms with van der Waals surface area (Å²) < 4.78 is 30.2. The third-order valence-corrected chi connectivity index (χ3v) is 7.17. The molecule has 0 saturated heterocycles. The fourth-order valence-corrected chi connectivity index (χ4v) is 4.77. The Morgan fingerprint density at radius 1 is 0.862 bits per heavy atom. The van der Waals surface area contributed by atoms with E-state index in [0.717, 1.165) is 36.7 Å². The third kappa shape index (κ3) is 19.7. The molecule has 0 spiro atoms. The monoisotopic (exact) mass is 456 g/mol. The minimum Gasteiger partial charge on any atom is -0.302 e. The fourth-order valence-electron chi connectivity index (χ4n) is 3.24. The first-order valence-corrected chi connectivity index (χ1v) is 13.7. The van der Waals surface area contributed by atoms with Gasteiger partial charge >= 0.3 is 15.6 Å². The molecule has 0 aromatic carbocycles. The van der Waals surface area contributed by atoms with Crippen LogP contribution in [0.5, 0.6) is 0 Å². The van der Waals surface area contributed by atoms with Gasteiger partial charge in [-0.15, -0.1) is 0 Å². The molecule has 1 unspecified atom stereocenters. The molecule has 0 radical (unpaired) electrons. The normalized spacial score (nSPS) is 17.3. The zero-order valence-electron chi connectivity index (χ0n) is 18.7. The van der Waals surface area contributed by atoms with Crippen molar-refractivity contribution in [3.63, 3.8) is 0 Å². The average molecular weight is 456 g/mol. The standard InChI is InChI=1S/C20H42O7P2/c1-17(2)9-6-10-18(3)11-7-12-19(4)13-8-14-20(5)15-16-26-29(24,25)27-28(21,22)23/h15,17-19H,6-14,16H2,1-5H3,(H,24,25)(H2,21,22,23)/b20-15+/t18-,19+/m0/s1. The van der Waals surface area contributed by atoms with Crippen LogP contribution in [0.1, 0.15) is 92.4 Å². The minimum absolute atomic E-state index is 0.232. The number of phosphoric ester groups is 1. The predicted molar refractivity (Wildman–Crippen MR) is 117 cm³/mol. The van der Waals surface area contributed by atoms with Gasteiger partial charge in [0.05, 0.1) is 6.61 Å². The quantitative estimate of drug-likeness (QED) is 0.167. The molecule has 0 aliphatic heterocycles. The Hall–Kier alpha value is -0.0000000000000000416. The van der Waals surface area contributed by atoms with Crippen molar-refractivity contribution >= 4 is 15.6 Å². The van der Waals surface area contributed by atoms with Gasteiger partial charge in [-0.2, -0.15) is 4.31 Å². The largest absolute Gasteiger partial charge is 0.481 e. The molecular weight excluding hydrogens is 414 g/mol. The Morgan fingerprint density at radius 3 is 1.83 bits per heavy atom. The second-order valence-corrected chi connectivity index (χ2v) is 11.6. The van der Waals surface area contributed by atoms with Gasteiger partial charge in [0.1, 0.15) is 0 Å². The summed E-state index contributed by atoms with van der Waals surface area (Å²) >= 11 is 0. The smallest absolute Gasteiger partial charge is 0.302 e. The van der Waals surface area contributed by atoms with Crippen LogP contribution >= 0.6 is 15.6 Å². The Balaban J connectivity index is 3.89. The summed E-state index contributed by atoms with van der Waals surface area (Å²) in [5.41, 5.74) is 1.01. The van der Waals surface area contributed by atoms with E-state index >= 15 is 0 Å². The zero-order chi connectivity index (χ0) is 22.5. The first kappa shape index (κ1) is 29.0. The Kier molecular flexibility index (Phi) is 14.9. The van der Waals surface area contributed by atoms with Crippen LogP contribution < -0.4 is 0 Å². The maximum atomic E-state index is 11.3. The summed E-state index contributed by atoms with van der Waals surface area (Å²) in [4.78, 5) is 26.3. The van der Waals surface area contributed by atoms with E-state index in [1.165, 1.54) is 38.5 Å². The molecule has 3 N–H and O–H groups in total. The fraction of sp³-hybridized carbons (Fsp3) is 0.900. The number of hydrogen-bond acceptors (Lipinski definition) is 4. The molecule has 0 aromatic rings. The van der Waals surface area contributed by atoms with Crippen molar-refractivity contribution in [2.24, 2.45) is 17.8 Å². The van der Waals surface area contributed by atoms with E-state index in [2.05, 4.69) is 36.5 Å². The van der Waals surface area contributed by atoms with Crippen molar-refractivity contribution in [1.29, 1.82) is 0 Å². The van der Waals surface area contributed by atoms with Gasteiger partial charge in [0.25, 0.3) is 0 Å². The zero-order valence-corrected chi connectivity index (χ0v) is 20.5. The van der Waals surface area contributed by atoms with Crippen LogP contribution in [-0.2, 0) is 18.0 Å². The lowest BCUT2D eigenvalue weighted by molar-refractivity contribution is 0.191. The van der Waals surface area contributed by atoms with Crippen molar-refractivity contribution in [2.75, 3.05) is 6.61 Å². The van der Waals surface area contributed by atoms with E-state index in [1.54, 1.807) is 6.08 Å². The summed E-state index contributed by atoms with van der Waals surface area (Å²) in [6, 6.07) is 0. The summed E-state index contributed by atoms with van der Waals surface area (Å²) in [5.74, 6) is 2.28. The van der Waals surface area contributed by atoms with Crippen LogP contribution in [0.2, 0.25) is 0 Å². The summed E-state index contributed by atoms with van der Waals surface area (Å²) in [6.07, 6.45) is 12.5. The van der Waals surface area contributed by atoms with Crippen molar-refractivity contribution < 1.29 is 32.6 Å². The van der Waals surface area contributed by atoms with E-state index in [-0.39, 0.29) is 6.61 Å². The molecule has 174 valence electrons. The predicted octanol–water partition coefficient (Wildman–Crippen LogP) is 6.60. The summed E-state index contributed by atoms with van der Waals surface area (Å²) in [6.45, 7) is 10.9. The molecule has 0 bridgehead atoms. The topological polar surface area (TPSA) is 113 Å². The lowest BCUT2D eigenvalue weighted by Gasteiger charge is -2.15. The lowest BCUT2D eigenvalue weighted by Crippen LogP contribution is -2.00. The van der Waals surface area contributed by atoms with Gasteiger partial charge in [-0.3, -0.25) is 4.52 Å². The van der Waals surface area contributed by atoms with Crippen LogP contribution in [0, 0.1) is 17.8 Å². The number of rotatable bonds is 17. The maximum absolute atomic E-state index is 11.3. The molecular formula is C20H42O7P2. The van der Waals surface area contributed by atoms with Gasteiger partial charge in [0, 0.05) is 0 Å². The molecule has 3 atom stereocenters. The van der Waals surface area contributed by atoms with Crippen molar-refractivity contribution in [3.05, 3.63) is 11.6 Å². The molecule has 0 saturated carbocycles. The molecule has 0 aromatic heterocycles. The van der Waals surface area contributed by atoms with Gasteiger partial charge < -0.3 is 14.7 Å². The second kappa shape index (κ2) is 14.9. The summed E-state index contributed by atoms with van der Waals surface area (Å²) in [5, 5.41) is 0. The molecule has 0 heterocycles. The molecule has 7 nitrogen and oxygen atoms in total. The third-order valence-electron chi connectivity index (χ3n) is 5.02. The number of hydrogen-bond donors (Lipinski definition) is 3. The van der Waals surface area contributed by atoms with Crippen molar-refractivity contribution in [2.45, 2.75) is 92.4 Å². The van der Waals surface area contributed by atoms with Crippen LogP contribution in [0.25, 0.3) is 0 Å². The molecule has 29 heavy (non-hydrogen) atoms. The number of phosphoric acid groups is 2. The number of allylic oxidation sites excluding steroid dienone is 1. The molecule has 0 fully saturated rings. The van der Waals surface area contributed by atoms with Crippen LogP contribution in [-0.4, -0.2) is 21.3 Å². The van der Waals surface area contributed by atoms with Gasteiger partial charge in [-0.1, -0.05) is 84.3 Å². The Morgan fingerprint density at radius 2 is 1.34 bits per heavy atom. The van der Waals surface area contributed by atoms with Gasteiger partial charge in [0.2, 0.25) is 0 Å². The highest BCUT2D eigenvalue weighted by molar-refractivity contribution is 7.60. The highest BCUT2D eigenvalue weighted by Crippen LogP contribution is 2.57. The van der Waals surface area contributed by atoms with Gasteiger partial charge in [0.15, 0.2) is 0 Å². The molecule has 0 amide bonds. The Labute approximate surface area is 177 Å². The van der Waals surface area contributed by atoms with E-state index < -0.39 is 15.6 Å². The first-order valence-electron chi connectivity index (χ1n) is 10.7. The van der Waals surface area contributed by atoms with Gasteiger partial charge in [-0.25, -0.2) is 9.13 Å². The Bertz CT molecular complexity index is 557. The van der Waals surface area contributed by atoms with E-state index in [1.807, 2.05) is 6.92 Å². The van der Waals surface area contributed by atoms with Crippen LogP contribution in [0.15, 0.2) is 11.6 Å². The highest BCUT2D eigenvalue weighted by Gasteiger charge is 2.31. The van der Waals surface area contributed by atoms with Crippen LogP contribution in [0.3, 0.4) is 0 Å². The van der Waals surface area contributed by atoms with Crippen molar-refractivity contribution in [3.8, 4) is 0 Å². The first-order chi connectivity index (χ1) is 13.3. The molecule has 0 aliphatic carbocycles.